The number of para-hydroxylation sites is 2. The first-order valence-electron chi connectivity index (χ1n) is 12.7. The number of allylic oxidation sites excluding steroid dienone is 1. The number of ether oxygens (including phenoxy) is 3. The number of rotatable bonds is 8. The Morgan fingerprint density at radius 2 is 1.75 bits per heavy atom. The summed E-state index contributed by atoms with van der Waals surface area (Å²) in [4.78, 5) is 32.2. The highest BCUT2D eigenvalue weighted by Gasteiger charge is 2.35. The number of halogens is 1. The van der Waals surface area contributed by atoms with Crippen LogP contribution in [0.5, 0.6) is 11.5 Å². The average Bonchev–Trinajstić information content (AvgIpc) is 3.26. The summed E-state index contributed by atoms with van der Waals surface area (Å²) in [5.41, 5.74) is 2.76. The first-order chi connectivity index (χ1) is 19.4. The molecule has 1 atom stereocenters. The Hall–Kier alpha value is -4.14. The summed E-state index contributed by atoms with van der Waals surface area (Å²) in [5.74, 6) is 0.641. The molecule has 1 aromatic heterocycles. The zero-order chi connectivity index (χ0) is 28.2. The van der Waals surface area contributed by atoms with Gasteiger partial charge < -0.3 is 14.2 Å². The fourth-order valence-corrected chi connectivity index (χ4v) is 5.85. The Kier molecular flexibility index (Phi) is 8.19. The van der Waals surface area contributed by atoms with Crippen LogP contribution in [0.2, 0.25) is 5.02 Å². The number of aromatic nitrogens is 1. The summed E-state index contributed by atoms with van der Waals surface area (Å²) in [5, 5.41) is 0.623. The van der Waals surface area contributed by atoms with Crippen molar-refractivity contribution in [2.75, 3.05) is 13.7 Å². The number of carbonyl (C=O) groups is 1. The maximum absolute atomic E-state index is 14.0. The van der Waals surface area contributed by atoms with Gasteiger partial charge in [-0.25, -0.2) is 9.79 Å². The predicted molar refractivity (Wildman–Crippen MR) is 156 cm³/mol. The van der Waals surface area contributed by atoms with Crippen molar-refractivity contribution in [3.8, 4) is 11.5 Å². The van der Waals surface area contributed by atoms with Crippen LogP contribution in [0.1, 0.15) is 36.6 Å². The Balaban J connectivity index is 1.63. The van der Waals surface area contributed by atoms with Crippen molar-refractivity contribution < 1.29 is 19.0 Å². The van der Waals surface area contributed by atoms with E-state index in [1.165, 1.54) is 11.3 Å². The van der Waals surface area contributed by atoms with Crippen LogP contribution in [0.3, 0.4) is 0 Å². The van der Waals surface area contributed by atoms with E-state index < -0.39 is 12.0 Å². The van der Waals surface area contributed by atoms with Crippen molar-refractivity contribution in [1.29, 1.82) is 0 Å². The van der Waals surface area contributed by atoms with Crippen LogP contribution in [-0.2, 0) is 16.1 Å². The third-order valence-corrected chi connectivity index (χ3v) is 7.85. The minimum atomic E-state index is -0.764. The molecule has 5 rings (SSSR count). The number of carbonyl (C=O) groups excluding carboxylic acids is 1. The fourth-order valence-electron chi connectivity index (χ4n) is 4.62. The van der Waals surface area contributed by atoms with Gasteiger partial charge in [0, 0.05) is 21.7 Å². The topological polar surface area (TPSA) is 79.1 Å². The third-order valence-electron chi connectivity index (χ3n) is 6.50. The predicted octanol–water partition coefficient (Wildman–Crippen LogP) is 5.04. The molecule has 7 nitrogen and oxygen atoms in total. The molecule has 9 heteroatoms. The minimum Gasteiger partial charge on any atom is -0.496 e. The Morgan fingerprint density at radius 1 is 1.05 bits per heavy atom. The standard InChI is InChI=1S/C31H27ClN2O5S/c1-4-38-30(36)27-19(2)33-31-34(28(27)22-13-7-10-16-25(22)37-3)29(35)26(40-31)17-20-11-6-9-15-24(20)39-18-21-12-5-8-14-23(21)32/h5-17,28H,4,18H2,1-3H3/b26-17+/t28-/m1/s1. The molecule has 4 aromatic rings. The van der Waals surface area contributed by atoms with E-state index in [1.807, 2.05) is 66.7 Å². The first kappa shape index (κ1) is 27.4. The van der Waals surface area contributed by atoms with Crippen molar-refractivity contribution in [3.63, 3.8) is 0 Å². The molecule has 0 unspecified atom stereocenters. The van der Waals surface area contributed by atoms with Crippen molar-refractivity contribution in [2.45, 2.75) is 26.5 Å². The molecule has 0 amide bonds. The lowest BCUT2D eigenvalue weighted by atomic mass is 9.95. The summed E-state index contributed by atoms with van der Waals surface area (Å²) in [6, 6.07) is 21.5. The van der Waals surface area contributed by atoms with E-state index in [4.69, 9.17) is 25.8 Å². The second kappa shape index (κ2) is 11.9. The molecule has 0 spiro atoms. The van der Waals surface area contributed by atoms with Gasteiger partial charge in [-0.3, -0.25) is 9.36 Å². The minimum absolute atomic E-state index is 0.198. The van der Waals surface area contributed by atoms with Gasteiger partial charge in [0.1, 0.15) is 24.1 Å². The van der Waals surface area contributed by atoms with Crippen LogP contribution in [-0.4, -0.2) is 24.3 Å². The van der Waals surface area contributed by atoms with Gasteiger partial charge in [-0.1, -0.05) is 77.5 Å². The number of nitrogens with zero attached hydrogens (tertiary/aromatic N) is 2. The lowest BCUT2D eigenvalue weighted by molar-refractivity contribution is -0.139. The molecule has 40 heavy (non-hydrogen) atoms. The van der Waals surface area contributed by atoms with Gasteiger partial charge >= 0.3 is 5.97 Å². The van der Waals surface area contributed by atoms with Crippen LogP contribution in [0, 0.1) is 0 Å². The normalized spacial score (nSPS) is 14.9. The van der Waals surface area contributed by atoms with Gasteiger partial charge in [0.2, 0.25) is 0 Å². The van der Waals surface area contributed by atoms with E-state index in [2.05, 4.69) is 4.99 Å². The molecular formula is C31H27ClN2O5S. The quantitative estimate of drug-likeness (QED) is 0.276. The highest BCUT2D eigenvalue weighted by atomic mass is 35.5. The van der Waals surface area contributed by atoms with Crippen LogP contribution in [0.15, 0.2) is 93.9 Å². The summed E-state index contributed by atoms with van der Waals surface area (Å²) in [7, 11) is 1.56. The van der Waals surface area contributed by atoms with Crippen molar-refractivity contribution in [1.82, 2.24) is 4.57 Å². The maximum Gasteiger partial charge on any atom is 0.338 e. The second-order valence-corrected chi connectivity index (χ2v) is 10.4. The Labute approximate surface area is 240 Å². The van der Waals surface area contributed by atoms with Gasteiger partial charge in [-0.2, -0.15) is 0 Å². The SMILES string of the molecule is CCOC(=O)C1=C(C)N=c2s/c(=C/c3ccccc3OCc3ccccc3Cl)c(=O)n2[C@@H]1c1ccccc1OC. The number of hydrogen-bond acceptors (Lipinski definition) is 7. The number of esters is 1. The molecule has 0 radical (unpaired) electrons. The number of methoxy groups -OCH3 is 1. The number of hydrogen-bond donors (Lipinski definition) is 0. The molecular weight excluding hydrogens is 548 g/mol. The molecule has 0 bridgehead atoms. The fraction of sp³-hybridized carbons (Fsp3) is 0.194. The van der Waals surface area contributed by atoms with Gasteiger partial charge in [-0.15, -0.1) is 0 Å². The van der Waals surface area contributed by atoms with Gasteiger partial charge in [0.25, 0.3) is 5.56 Å². The van der Waals surface area contributed by atoms with E-state index in [0.29, 0.717) is 42.7 Å². The number of benzene rings is 3. The molecule has 1 aliphatic rings. The van der Waals surface area contributed by atoms with E-state index in [1.54, 1.807) is 37.7 Å². The van der Waals surface area contributed by atoms with Gasteiger partial charge in [0.05, 0.1) is 29.5 Å². The summed E-state index contributed by atoms with van der Waals surface area (Å²) >= 11 is 7.55. The number of thiazole rings is 1. The molecule has 0 saturated heterocycles. The third kappa shape index (κ3) is 5.33. The maximum atomic E-state index is 14.0. The van der Waals surface area contributed by atoms with E-state index >= 15 is 0 Å². The lowest BCUT2D eigenvalue weighted by Crippen LogP contribution is -2.40. The van der Waals surface area contributed by atoms with Crippen LogP contribution < -0.4 is 24.4 Å². The van der Waals surface area contributed by atoms with E-state index in [0.717, 1.165) is 11.1 Å². The first-order valence-corrected chi connectivity index (χ1v) is 13.9. The molecule has 0 aliphatic carbocycles. The molecule has 0 N–H and O–H groups in total. The Morgan fingerprint density at radius 3 is 2.50 bits per heavy atom. The van der Waals surface area contributed by atoms with E-state index in [9.17, 15) is 9.59 Å². The average molecular weight is 575 g/mol. The largest absolute Gasteiger partial charge is 0.496 e. The zero-order valence-electron chi connectivity index (χ0n) is 22.2. The molecule has 204 valence electrons. The summed E-state index contributed by atoms with van der Waals surface area (Å²) in [6.07, 6.45) is 1.79. The highest BCUT2D eigenvalue weighted by molar-refractivity contribution is 7.07. The molecule has 3 aromatic carbocycles. The molecule has 2 heterocycles. The summed E-state index contributed by atoms with van der Waals surface area (Å²) in [6.45, 7) is 3.97. The molecule has 1 aliphatic heterocycles. The number of fused-ring (bicyclic) bond motifs is 1. The van der Waals surface area contributed by atoms with Gasteiger partial charge in [0.15, 0.2) is 4.80 Å². The highest BCUT2D eigenvalue weighted by Crippen LogP contribution is 2.35. The van der Waals surface area contributed by atoms with Gasteiger partial charge in [-0.05, 0) is 38.1 Å². The Bertz CT molecular complexity index is 1790. The zero-order valence-corrected chi connectivity index (χ0v) is 23.8. The summed E-state index contributed by atoms with van der Waals surface area (Å²) < 4.78 is 19.1. The second-order valence-electron chi connectivity index (χ2n) is 8.96. The van der Waals surface area contributed by atoms with Crippen LogP contribution >= 0.6 is 22.9 Å². The van der Waals surface area contributed by atoms with Crippen molar-refractivity contribution in [3.05, 3.63) is 125 Å². The lowest BCUT2D eigenvalue weighted by Gasteiger charge is -2.25. The van der Waals surface area contributed by atoms with Crippen LogP contribution in [0.25, 0.3) is 6.08 Å². The van der Waals surface area contributed by atoms with Crippen molar-refractivity contribution >= 4 is 35.0 Å². The molecule has 0 saturated carbocycles. The monoisotopic (exact) mass is 574 g/mol. The van der Waals surface area contributed by atoms with Crippen molar-refractivity contribution in [2.24, 2.45) is 4.99 Å². The smallest absolute Gasteiger partial charge is 0.338 e. The van der Waals surface area contributed by atoms with E-state index in [-0.39, 0.29) is 18.8 Å². The molecule has 0 fully saturated rings. The van der Waals surface area contributed by atoms with Crippen LogP contribution in [0.4, 0.5) is 0 Å².